The maximum atomic E-state index is 14.0. The van der Waals surface area contributed by atoms with Crippen LogP contribution in [0.5, 0.6) is 0 Å². The summed E-state index contributed by atoms with van der Waals surface area (Å²) in [5, 5.41) is 21.6. The molecule has 2 N–H and O–H groups in total. The van der Waals surface area contributed by atoms with Crippen molar-refractivity contribution >= 4 is 34.8 Å². The average molecular weight is 554 g/mol. The lowest BCUT2D eigenvalue weighted by molar-refractivity contribution is -0.138. The van der Waals surface area contributed by atoms with Gasteiger partial charge in [-0.1, -0.05) is 67.6 Å². The van der Waals surface area contributed by atoms with Crippen molar-refractivity contribution in [1.29, 1.82) is 0 Å². The normalized spacial score (nSPS) is 19.2. The summed E-state index contributed by atoms with van der Waals surface area (Å²) >= 11 is 0. The standard InChI is InChI=1S/C33H35N3O5/c1-24(10-8-15-30(38)34(20-21-37)23-25-11-4-2-5-12-25)33(41)28-22-27(35-19-9-16-31(35)39)17-18-29(28)36(32(33)40)26-13-6-3-7-14-26/h2-8,10-14,17-18,22,24,37,41H,9,15-16,19-21,23H2,1H3/b10-8+/t24-,33+/m0/s1. The Morgan fingerprint density at radius 1 is 1.02 bits per heavy atom. The number of anilines is 3. The van der Waals surface area contributed by atoms with Crippen LogP contribution in [0.3, 0.4) is 0 Å². The number of nitrogens with zero attached hydrogens (tertiary/aromatic N) is 3. The third kappa shape index (κ3) is 5.53. The molecule has 1 fully saturated rings. The maximum absolute atomic E-state index is 14.0. The summed E-state index contributed by atoms with van der Waals surface area (Å²) in [7, 11) is 0. The first-order valence-electron chi connectivity index (χ1n) is 14.0. The van der Waals surface area contributed by atoms with Crippen molar-refractivity contribution < 1.29 is 24.6 Å². The minimum absolute atomic E-state index is 0.0205. The van der Waals surface area contributed by atoms with Crippen LogP contribution in [0.15, 0.2) is 91.0 Å². The zero-order chi connectivity index (χ0) is 29.0. The monoisotopic (exact) mass is 553 g/mol. The highest BCUT2D eigenvalue weighted by Gasteiger charge is 2.53. The van der Waals surface area contributed by atoms with E-state index in [-0.39, 0.29) is 31.4 Å². The van der Waals surface area contributed by atoms with Gasteiger partial charge in [-0.2, -0.15) is 0 Å². The van der Waals surface area contributed by atoms with Crippen LogP contribution >= 0.6 is 0 Å². The van der Waals surface area contributed by atoms with E-state index >= 15 is 0 Å². The number of para-hydroxylation sites is 1. The van der Waals surface area contributed by atoms with Crippen LogP contribution in [0.2, 0.25) is 0 Å². The van der Waals surface area contributed by atoms with E-state index in [4.69, 9.17) is 0 Å². The minimum atomic E-state index is -1.90. The second-order valence-electron chi connectivity index (χ2n) is 10.5. The van der Waals surface area contributed by atoms with E-state index in [9.17, 15) is 24.6 Å². The Bertz CT molecular complexity index is 1440. The molecule has 41 heavy (non-hydrogen) atoms. The number of carbonyl (C=O) groups excluding carboxylic acids is 3. The average Bonchev–Trinajstić information content (AvgIpc) is 3.52. The first-order chi connectivity index (χ1) is 19.8. The van der Waals surface area contributed by atoms with Gasteiger partial charge in [0.05, 0.1) is 12.3 Å². The molecule has 0 radical (unpaired) electrons. The summed E-state index contributed by atoms with van der Waals surface area (Å²) < 4.78 is 0. The van der Waals surface area contributed by atoms with Gasteiger partial charge in [0.2, 0.25) is 11.8 Å². The van der Waals surface area contributed by atoms with Crippen molar-refractivity contribution in [2.75, 3.05) is 29.5 Å². The number of hydrogen-bond acceptors (Lipinski definition) is 5. The third-order valence-corrected chi connectivity index (χ3v) is 7.88. The smallest absolute Gasteiger partial charge is 0.268 e. The van der Waals surface area contributed by atoms with Crippen molar-refractivity contribution in [3.05, 3.63) is 102 Å². The lowest BCUT2D eigenvalue weighted by Crippen LogP contribution is -2.42. The Morgan fingerprint density at radius 2 is 1.73 bits per heavy atom. The highest BCUT2D eigenvalue weighted by molar-refractivity contribution is 6.12. The van der Waals surface area contributed by atoms with Crippen LogP contribution < -0.4 is 9.80 Å². The van der Waals surface area contributed by atoms with Crippen molar-refractivity contribution in [3.8, 4) is 0 Å². The summed E-state index contributed by atoms with van der Waals surface area (Å²) in [6.07, 6.45) is 4.66. The lowest BCUT2D eigenvalue weighted by atomic mass is 9.82. The molecule has 0 bridgehead atoms. The van der Waals surface area contributed by atoms with Crippen LogP contribution in [0.4, 0.5) is 17.1 Å². The molecular formula is C33H35N3O5. The highest BCUT2D eigenvalue weighted by atomic mass is 16.3. The Morgan fingerprint density at radius 3 is 2.39 bits per heavy atom. The fourth-order valence-electron chi connectivity index (χ4n) is 5.64. The van der Waals surface area contributed by atoms with Crippen molar-refractivity contribution in [3.63, 3.8) is 0 Å². The van der Waals surface area contributed by atoms with E-state index in [1.807, 2.05) is 66.7 Å². The van der Waals surface area contributed by atoms with Gasteiger partial charge < -0.3 is 20.0 Å². The Balaban J connectivity index is 1.41. The topological polar surface area (TPSA) is 101 Å². The molecule has 8 nitrogen and oxygen atoms in total. The first-order valence-corrected chi connectivity index (χ1v) is 14.0. The Hall–Kier alpha value is -4.27. The molecule has 0 unspecified atom stereocenters. The molecule has 0 aliphatic carbocycles. The zero-order valence-corrected chi connectivity index (χ0v) is 23.1. The molecule has 2 aliphatic rings. The number of aliphatic hydroxyl groups excluding tert-OH is 1. The first kappa shape index (κ1) is 28.3. The van der Waals surface area contributed by atoms with Crippen LogP contribution in [-0.2, 0) is 26.5 Å². The number of aliphatic hydroxyl groups is 2. The molecule has 2 heterocycles. The summed E-state index contributed by atoms with van der Waals surface area (Å²) in [5.41, 5.74) is 1.33. The molecule has 2 aliphatic heterocycles. The van der Waals surface area contributed by atoms with Crippen LogP contribution in [-0.4, -0.2) is 52.5 Å². The van der Waals surface area contributed by atoms with E-state index < -0.39 is 17.4 Å². The molecule has 1 saturated heterocycles. The van der Waals surface area contributed by atoms with Gasteiger partial charge in [0, 0.05) is 55.3 Å². The minimum Gasteiger partial charge on any atom is -0.395 e. The van der Waals surface area contributed by atoms with E-state index in [1.165, 1.54) is 4.90 Å². The highest BCUT2D eigenvalue weighted by Crippen LogP contribution is 2.49. The quantitative estimate of drug-likeness (QED) is 0.365. The number of rotatable bonds is 10. The van der Waals surface area contributed by atoms with Crippen LogP contribution in [0.25, 0.3) is 0 Å². The molecule has 2 atom stereocenters. The molecule has 0 aromatic heterocycles. The summed E-state index contributed by atoms with van der Waals surface area (Å²) in [5.74, 6) is -1.32. The van der Waals surface area contributed by atoms with Gasteiger partial charge in [-0.05, 0) is 42.3 Å². The molecule has 3 aromatic rings. The largest absolute Gasteiger partial charge is 0.395 e. The number of fused-ring (bicyclic) bond motifs is 1. The van der Waals surface area contributed by atoms with Gasteiger partial charge in [-0.25, -0.2) is 0 Å². The Kier molecular flexibility index (Phi) is 8.33. The predicted octanol–water partition coefficient (Wildman–Crippen LogP) is 4.28. The maximum Gasteiger partial charge on any atom is 0.268 e. The lowest BCUT2D eigenvalue weighted by Gasteiger charge is -2.28. The van der Waals surface area contributed by atoms with Gasteiger partial charge in [0.25, 0.3) is 5.91 Å². The Labute approximate surface area is 240 Å². The number of amides is 3. The van der Waals surface area contributed by atoms with Crippen LogP contribution in [0.1, 0.15) is 37.3 Å². The van der Waals surface area contributed by atoms with E-state index in [0.717, 1.165) is 12.0 Å². The molecular weight excluding hydrogens is 518 g/mol. The number of benzene rings is 3. The van der Waals surface area contributed by atoms with Gasteiger partial charge in [-0.15, -0.1) is 0 Å². The third-order valence-electron chi connectivity index (χ3n) is 7.88. The number of carbonyl (C=O) groups is 3. The summed E-state index contributed by atoms with van der Waals surface area (Å²) in [6.45, 7) is 2.78. The van der Waals surface area contributed by atoms with Crippen molar-refractivity contribution in [2.24, 2.45) is 5.92 Å². The van der Waals surface area contributed by atoms with Crippen molar-refractivity contribution in [1.82, 2.24) is 4.90 Å². The second kappa shape index (κ2) is 12.1. The van der Waals surface area contributed by atoms with E-state index in [2.05, 4.69) is 0 Å². The molecule has 3 aromatic carbocycles. The molecule has 0 spiro atoms. The predicted molar refractivity (Wildman–Crippen MR) is 157 cm³/mol. The summed E-state index contributed by atoms with van der Waals surface area (Å²) in [6, 6.07) is 24.1. The zero-order valence-electron chi connectivity index (χ0n) is 23.1. The molecule has 8 heteroatoms. The van der Waals surface area contributed by atoms with Gasteiger partial charge in [-0.3, -0.25) is 19.3 Å². The fourth-order valence-corrected chi connectivity index (χ4v) is 5.64. The van der Waals surface area contributed by atoms with E-state index in [0.29, 0.717) is 42.1 Å². The van der Waals surface area contributed by atoms with Gasteiger partial charge in [0.15, 0.2) is 5.60 Å². The van der Waals surface area contributed by atoms with E-state index in [1.54, 1.807) is 41.0 Å². The fraction of sp³-hybridized carbons (Fsp3) is 0.303. The molecule has 3 amide bonds. The number of hydrogen-bond donors (Lipinski definition) is 2. The molecule has 0 saturated carbocycles. The van der Waals surface area contributed by atoms with Crippen LogP contribution in [0, 0.1) is 5.92 Å². The second-order valence-corrected chi connectivity index (χ2v) is 10.5. The molecule has 212 valence electrons. The summed E-state index contributed by atoms with van der Waals surface area (Å²) in [4.78, 5) is 44.3. The van der Waals surface area contributed by atoms with Gasteiger partial charge in [0.1, 0.15) is 0 Å². The molecule has 5 rings (SSSR count). The van der Waals surface area contributed by atoms with Crippen molar-refractivity contribution in [2.45, 2.75) is 38.3 Å². The SMILES string of the molecule is C[C@@H](/C=C/CC(=O)N(CCO)Cc1ccccc1)[C@]1(O)C(=O)N(c2ccccc2)c2ccc(N3CCCC3=O)cc21. The van der Waals surface area contributed by atoms with Gasteiger partial charge >= 0.3 is 0 Å².